The van der Waals surface area contributed by atoms with Gasteiger partial charge in [0.15, 0.2) is 0 Å². The highest BCUT2D eigenvalue weighted by Gasteiger charge is 2.17. The van der Waals surface area contributed by atoms with Crippen LogP contribution in [0.4, 0.5) is 11.8 Å². The zero-order valence-electron chi connectivity index (χ0n) is 14.5. The summed E-state index contributed by atoms with van der Waals surface area (Å²) >= 11 is 2.19. The van der Waals surface area contributed by atoms with E-state index in [-0.39, 0.29) is 5.91 Å². The molecule has 138 valence electrons. The van der Waals surface area contributed by atoms with Gasteiger partial charge in [-0.25, -0.2) is 15.0 Å². The number of hydrogen-bond donors (Lipinski definition) is 2. The van der Waals surface area contributed by atoms with E-state index >= 15 is 0 Å². The Bertz CT molecular complexity index is 961. The average molecular weight is 475 g/mol. The molecule has 1 fully saturated rings. The number of hydrogen-bond acceptors (Lipinski definition) is 6. The normalized spacial score (nSPS) is 14.9. The number of carbonyl (C=O) groups excluding carboxylic acids is 1. The first-order valence-corrected chi connectivity index (χ1v) is 9.80. The number of fused-ring (bicyclic) bond motifs is 1. The van der Waals surface area contributed by atoms with E-state index in [0.717, 1.165) is 35.1 Å². The molecule has 8 heteroatoms. The zero-order valence-corrected chi connectivity index (χ0v) is 16.6. The Labute approximate surface area is 170 Å². The Morgan fingerprint density at radius 3 is 2.67 bits per heavy atom. The molecule has 2 N–H and O–H groups in total. The van der Waals surface area contributed by atoms with Crippen molar-refractivity contribution in [3.63, 3.8) is 0 Å². The van der Waals surface area contributed by atoms with Crippen LogP contribution in [0.5, 0.6) is 0 Å². The number of ether oxygens (including phenoxy) is 1. The topological polar surface area (TPSA) is 89.0 Å². The van der Waals surface area contributed by atoms with Crippen molar-refractivity contribution in [2.75, 3.05) is 23.8 Å². The summed E-state index contributed by atoms with van der Waals surface area (Å²) in [6.07, 6.45) is 5.29. The Hall–Kier alpha value is -2.33. The van der Waals surface area contributed by atoms with Crippen LogP contribution >= 0.6 is 22.6 Å². The van der Waals surface area contributed by atoms with Crippen molar-refractivity contribution in [2.45, 2.75) is 18.9 Å². The van der Waals surface area contributed by atoms with Crippen molar-refractivity contribution in [1.82, 2.24) is 15.0 Å². The van der Waals surface area contributed by atoms with E-state index in [1.807, 2.05) is 18.2 Å². The fraction of sp³-hybridized carbons (Fsp3) is 0.263. The molecule has 1 aromatic carbocycles. The summed E-state index contributed by atoms with van der Waals surface area (Å²) < 4.78 is 6.29. The lowest BCUT2D eigenvalue weighted by molar-refractivity contribution is 0.0903. The summed E-state index contributed by atoms with van der Waals surface area (Å²) in [5, 5.41) is 6.94. The SMILES string of the molecule is O=C(Nc1ncc(I)c2nc(NC3CCOCC3)ncc12)c1ccccc1. The Morgan fingerprint density at radius 2 is 1.89 bits per heavy atom. The molecule has 3 heterocycles. The molecule has 27 heavy (non-hydrogen) atoms. The van der Waals surface area contributed by atoms with Gasteiger partial charge in [0, 0.05) is 37.2 Å². The van der Waals surface area contributed by atoms with Crippen molar-refractivity contribution in [3.8, 4) is 0 Å². The molecule has 0 bridgehead atoms. The van der Waals surface area contributed by atoms with Crippen molar-refractivity contribution in [1.29, 1.82) is 0 Å². The van der Waals surface area contributed by atoms with E-state index in [9.17, 15) is 4.79 Å². The van der Waals surface area contributed by atoms with Gasteiger partial charge >= 0.3 is 0 Å². The molecule has 1 saturated heterocycles. The maximum absolute atomic E-state index is 12.5. The predicted octanol–water partition coefficient (Wildman–Crippen LogP) is 3.47. The molecule has 4 rings (SSSR count). The fourth-order valence-electron chi connectivity index (χ4n) is 2.95. The minimum Gasteiger partial charge on any atom is -0.381 e. The summed E-state index contributed by atoms with van der Waals surface area (Å²) in [6, 6.07) is 9.36. The highest BCUT2D eigenvalue weighted by Crippen LogP contribution is 2.25. The molecule has 0 spiro atoms. The number of aromatic nitrogens is 3. The minimum atomic E-state index is -0.213. The summed E-state index contributed by atoms with van der Waals surface area (Å²) in [5.41, 5.74) is 1.34. The molecule has 1 aliphatic heterocycles. The maximum Gasteiger partial charge on any atom is 0.256 e. The molecule has 1 amide bonds. The van der Waals surface area contributed by atoms with Gasteiger partial charge in [-0.1, -0.05) is 18.2 Å². The fourth-order valence-corrected chi connectivity index (χ4v) is 3.50. The molecule has 7 nitrogen and oxygen atoms in total. The molecule has 0 unspecified atom stereocenters. The highest BCUT2D eigenvalue weighted by molar-refractivity contribution is 14.1. The van der Waals surface area contributed by atoms with E-state index in [4.69, 9.17) is 4.74 Å². The van der Waals surface area contributed by atoms with E-state index in [0.29, 0.717) is 28.8 Å². The number of carbonyl (C=O) groups is 1. The van der Waals surface area contributed by atoms with Gasteiger partial charge in [-0.05, 0) is 47.6 Å². The van der Waals surface area contributed by atoms with Crippen LogP contribution in [-0.4, -0.2) is 40.1 Å². The van der Waals surface area contributed by atoms with Crippen molar-refractivity contribution in [3.05, 3.63) is 51.9 Å². The van der Waals surface area contributed by atoms with E-state index < -0.39 is 0 Å². The number of nitrogens with zero attached hydrogens (tertiary/aromatic N) is 3. The summed E-state index contributed by atoms with van der Waals surface area (Å²) in [4.78, 5) is 25.9. The van der Waals surface area contributed by atoms with Crippen LogP contribution in [0.15, 0.2) is 42.7 Å². The molecule has 0 radical (unpaired) electrons. The highest BCUT2D eigenvalue weighted by atomic mass is 127. The lowest BCUT2D eigenvalue weighted by atomic mass is 10.1. The van der Waals surface area contributed by atoms with Gasteiger partial charge in [-0.3, -0.25) is 4.79 Å². The number of amides is 1. The monoisotopic (exact) mass is 475 g/mol. The van der Waals surface area contributed by atoms with Gasteiger partial charge in [0.1, 0.15) is 5.82 Å². The lowest BCUT2D eigenvalue weighted by Gasteiger charge is -2.23. The average Bonchev–Trinajstić information content (AvgIpc) is 2.72. The number of anilines is 2. The quantitative estimate of drug-likeness (QED) is 0.562. The third kappa shape index (κ3) is 4.16. The van der Waals surface area contributed by atoms with Gasteiger partial charge in [0.05, 0.1) is 14.5 Å². The third-order valence-corrected chi connectivity index (χ3v) is 5.19. The molecule has 0 aliphatic carbocycles. The summed E-state index contributed by atoms with van der Waals surface area (Å²) in [6.45, 7) is 1.50. The van der Waals surface area contributed by atoms with Crippen LogP contribution in [-0.2, 0) is 4.74 Å². The third-order valence-electron chi connectivity index (χ3n) is 4.40. The smallest absolute Gasteiger partial charge is 0.256 e. The van der Waals surface area contributed by atoms with Crippen LogP contribution in [0.25, 0.3) is 10.9 Å². The number of halogens is 1. The molecule has 2 aromatic heterocycles. The Balaban J connectivity index is 1.60. The number of benzene rings is 1. The summed E-state index contributed by atoms with van der Waals surface area (Å²) in [7, 11) is 0. The number of rotatable bonds is 4. The van der Waals surface area contributed by atoms with Crippen LogP contribution in [0.2, 0.25) is 0 Å². The first-order valence-electron chi connectivity index (χ1n) is 8.72. The van der Waals surface area contributed by atoms with Crippen molar-refractivity contribution in [2.24, 2.45) is 0 Å². The van der Waals surface area contributed by atoms with Crippen LogP contribution in [0.1, 0.15) is 23.2 Å². The van der Waals surface area contributed by atoms with Crippen LogP contribution in [0, 0.1) is 3.57 Å². The van der Waals surface area contributed by atoms with Gasteiger partial charge in [-0.2, -0.15) is 0 Å². The number of nitrogens with one attached hydrogen (secondary N) is 2. The molecular weight excluding hydrogens is 457 g/mol. The minimum absolute atomic E-state index is 0.213. The van der Waals surface area contributed by atoms with Gasteiger partial charge < -0.3 is 15.4 Å². The second-order valence-electron chi connectivity index (χ2n) is 6.26. The van der Waals surface area contributed by atoms with Crippen molar-refractivity contribution < 1.29 is 9.53 Å². The second kappa shape index (κ2) is 8.13. The molecule has 0 atom stereocenters. The van der Waals surface area contributed by atoms with Gasteiger partial charge in [0.25, 0.3) is 5.91 Å². The van der Waals surface area contributed by atoms with Gasteiger partial charge in [-0.15, -0.1) is 0 Å². The predicted molar refractivity (Wildman–Crippen MR) is 112 cm³/mol. The zero-order chi connectivity index (χ0) is 18.6. The van der Waals surface area contributed by atoms with Crippen LogP contribution < -0.4 is 10.6 Å². The van der Waals surface area contributed by atoms with Gasteiger partial charge in [0.2, 0.25) is 5.95 Å². The molecular formula is C19H18IN5O2. The van der Waals surface area contributed by atoms with E-state index in [1.54, 1.807) is 24.5 Å². The Morgan fingerprint density at radius 1 is 1.11 bits per heavy atom. The van der Waals surface area contributed by atoms with Crippen molar-refractivity contribution >= 4 is 51.2 Å². The second-order valence-corrected chi connectivity index (χ2v) is 7.42. The maximum atomic E-state index is 12.5. The first-order chi connectivity index (χ1) is 13.2. The van der Waals surface area contributed by atoms with E-state index in [2.05, 4.69) is 48.2 Å². The lowest BCUT2D eigenvalue weighted by Crippen LogP contribution is -2.28. The molecule has 3 aromatic rings. The Kier molecular flexibility index (Phi) is 5.44. The number of pyridine rings is 1. The largest absolute Gasteiger partial charge is 0.381 e. The standard InChI is InChI=1S/C19H18IN5O2/c20-15-11-21-17(25-18(26)12-4-2-1-3-5-12)14-10-22-19(24-16(14)15)23-13-6-8-27-9-7-13/h1-5,10-11,13H,6-9H2,(H,21,25,26)(H,22,23,24). The van der Waals surface area contributed by atoms with E-state index in [1.165, 1.54) is 0 Å². The van der Waals surface area contributed by atoms with Crippen LogP contribution in [0.3, 0.4) is 0 Å². The molecule has 1 aliphatic rings. The molecule has 0 saturated carbocycles. The first kappa shape index (κ1) is 18.1. The summed E-state index contributed by atoms with van der Waals surface area (Å²) in [5.74, 6) is 0.825.